The molecule has 0 saturated carbocycles. The number of ether oxygens (including phenoxy) is 1. The summed E-state index contributed by atoms with van der Waals surface area (Å²) in [5.74, 6) is 0.883. The van der Waals surface area contributed by atoms with E-state index in [0.29, 0.717) is 17.4 Å². The van der Waals surface area contributed by atoms with E-state index in [1.54, 1.807) is 7.11 Å². The van der Waals surface area contributed by atoms with Crippen molar-refractivity contribution in [1.82, 2.24) is 9.97 Å². The van der Waals surface area contributed by atoms with E-state index in [9.17, 15) is 0 Å². The van der Waals surface area contributed by atoms with Gasteiger partial charge in [0.15, 0.2) is 5.82 Å². The Hall–Kier alpha value is -1.07. The smallest absolute Gasteiger partial charge is 0.222 e. The molecule has 5 nitrogen and oxygen atoms in total. The molecule has 1 rings (SSSR count). The summed E-state index contributed by atoms with van der Waals surface area (Å²) in [4.78, 5) is 9.80. The largest absolute Gasteiger partial charge is 0.385 e. The fourth-order valence-electron chi connectivity index (χ4n) is 1.19. The minimum Gasteiger partial charge on any atom is -0.385 e. The molecule has 15 heavy (non-hydrogen) atoms. The SMILES string of the molecule is COCCCN(C)c1nc(N)ncc1Cl. The van der Waals surface area contributed by atoms with Crippen molar-refractivity contribution in [2.45, 2.75) is 6.42 Å². The van der Waals surface area contributed by atoms with Crippen molar-refractivity contribution in [1.29, 1.82) is 0 Å². The summed E-state index contributed by atoms with van der Waals surface area (Å²) in [5, 5.41) is 0.504. The van der Waals surface area contributed by atoms with Crippen molar-refractivity contribution >= 4 is 23.4 Å². The molecule has 0 aliphatic rings. The van der Waals surface area contributed by atoms with E-state index in [1.807, 2.05) is 11.9 Å². The molecular formula is C9H15ClN4O. The second kappa shape index (κ2) is 5.72. The van der Waals surface area contributed by atoms with Gasteiger partial charge in [-0.3, -0.25) is 0 Å². The van der Waals surface area contributed by atoms with E-state index in [-0.39, 0.29) is 5.95 Å². The monoisotopic (exact) mass is 230 g/mol. The number of anilines is 2. The highest BCUT2D eigenvalue weighted by molar-refractivity contribution is 6.32. The Labute approximate surface area is 94.2 Å². The van der Waals surface area contributed by atoms with E-state index >= 15 is 0 Å². The van der Waals surface area contributed by atoms with Gasteiger partial charge in [-0.05, 0) is 6.42 Å². The average Bonchev–Trinajstić information content (AvgIpc) is 2.22. The van der Waals surface area contributed by atoms with E-state index in [4.69, 9.17) is 22.1 Å². The summed E-state index contributed by atoms with van der Waals surface area (Å²) in [6.45, 7) is 1.52. The van der Waals surface area contributed by atoms with Crippen molar-refractivity contribution in [2.24, 2.45) is 0 Å². The molecule has 0 atom stereocenters. The van der Waals surface area contributed by atoms with Gasteiger partial charge in [0.05, 0.1) is 6.20 Å². The zero-order valence-corrected chi connectivity index (χ0v) is 9.66. The van der Waals surface area contributed by atoms with Crippen molar-refractivity contribution < 1.29 is 4.74 Å². The Kier molecular flexibility index (Phi) is 4.58. The zero-order chi connectivity index (χ0) is 11.3. The van der Waals surface area contributed by atoms with Crippen LogP contribution in [0.15, 0.2) is 6.20 Å². The highest BCUT2D eigenvalue weighted by Crippen LogP contribution is 2.21. The number of methoxy groups -OCH3 is 1. The Morgan fingerprint density at radius 3 is 3.00 bits per heavy atom. The van der Waals surface area contributed by atoms with Crippen LogP contribution in [0.5, 0.6) is 0 Å². The molecule has 0 unspecified atom stereocenters. The molecule has 0 amide bonds. The van der Waals surface area contributed by atoms with Crippen LogP contribution in [0.3, 0.4) is 0 Å². The Morgan fingerprint density at radius 2 is 2.33 bits per heavy atom. The van der Waals surface area contributed by atoms with E-state index in [1.165, 1.54) is 6.20 Å². The van der Waals surface area contributed by atoms with E-state index < -0.39 is 0 Å². The van der Waals surface area contributed by atoms with Crippen molar-refractivity contribution in [3.63, 3.8) is 0 Å². The highest BCUT2D eigenvalue weighted by atomic mass is 35.5. The summed E-state index contributed by atoms with van der Waals surface area (Å²) >= 11 is 5.95. The summed E-state index contributed by atoms with van der Waals surface area (Å²) in [5.41, 5.74) is 5.49. The van der Waals surface area contributed by atoms with Crippen LogP contribution in [0.4, 0.5) is 11.8 Å². The van der Waals surface area contributed by atoms with Gasteiger partial charge in [-0.1, -0.05) is 11.6 Å². The van der Waals surface area contributed by atoms with Gasteiger partial charge < -0.3 is 15.4 Å². The quantitative estimate of drug-likeness (QED) is 0.770. The predicted molar refractivity (Wildman–Crippen MR) is 61.2 cm³/mol. The van der Waals surface area contributed by atoms with Crippen LogP contribution in [-0.4, -0.2) is 37.3 Å². The first-order chi connectivity index (χ1) is 7.15. The van der Waals surface area contributed by atoms with E-state index in [2.05, 4.69) is 9.97 Å². The van der Waals surface area contributed by atoms with Gasteiger partial charge in [0, 0.05) is 27.3 Å². The molecule has 2 N–H and O–H groups in total. The zero-order valence-electron chi connectivity index (χ0n) is 8.90. The van der Waals surface area contributed by atoms with Crippen LogP contribution in [0.2, 0.25) is 5.02 Å². The fourth-order valence-corrected chi connectivity index (χ4v) is 1.43. The molecule has 0 radical (unpaired) electrons. The first-order valence-corrected chi connectivity index (χ1v) is 5.01. The molecule has 0 bridgehead atoms. The lowest BCUT2D eigenvalue weighted by molar-refractivity contribution is 0.196. The third-order valence-corrected chi connectivity index (χ3v) is 2.21. The van der Waals surface area contributed by atoms with Gasteiger partial charge in [-0.15, -0.1) is 0 Å². The highest BCUT2D eigenvalue weighted by Gasteiger charge is 2.08. The van der Waals surface area contributed by atoms with Crippen molar-refractivity contribution in [2.75, 3.05) is 37.9 Å². The standard InChI is InChI=1S/C9H15ClN4O/c1-14(4-3-5-15-2)8-7(10)6-12-9(11)13-8/h6H,3-5H2,1-2H3,(H2,11,12,13). The number of aromatic nitrogens is 2. The Morgan fingerprint density at radius 1 is 1.60 bits per heavy atom. The lowest BCUT2D eigenvalue weighted by Crippen LogP contribution is -2.21. The summed E-state index contributed by atoms with van der Waals surface area (Å²) in [6, 6.07) is 0. The molecule has 0 fully saturated rings. The second-order valence-corrected chi connectivity index (χ2v) is 3.57. The maximum absolute atomic E-state index is 5.95. The second-order valence-electron chi connectivity index (χ2n) is 3.17. The summed E-state index contributed by atoms with van der Waals surface area (Å²) < 4.78 is 4.96. The molecule has 0 aliphatic carbocycles. The summed E-state index contributed by atoms with van der Waals surface area (Å²) in [6.07, 6.45) is 2.42. The lowest BCUT2D eigenvalue weighted by Gasteiger charge is -2.18. The molecule has 84 valence electrons. The molecule has 0 aliphatic heterocycles. The van der Waals surface area contributed by atoms with Gasteiger partial charge in [0.25, 0.3) is 0 Å². The molecule has 6 heteroatoms. The van der Waals surface area contributed by atoms with Gasteiger partial charge in [0.1, 0.15) is 5.02 Å². The third-order valence-electron chi connectivity index (χ3n) is 1.95. The molecule has 0 spiro atoms. The fraction of sp³-hybridized carbons (Fsp3) is 0.556. The maximum atomic E-state index is 5.95. The van der Waals surface area contributed by atoms with Crippen LogP contribution >= 0.6 is 11.6 Å². The topological polar surface area (TPSA) is 64.3 Å². The first-order valence-electron chi connectivity index (χ1n) is 4.63. The Balaban J connectivity index is 2.64. The molecule has 0 aromatic carbocycles. The average molecular weight is 231 g/mol. The number of hydrogen-bond acceptors (Lipinski definition) is 5. The molecule has 1 aromatic heterocycles. The number of nitrogens with two attached hydrogens (primary N) is 1. The third kappa shape index (κ3) is 3.53. The van der Waals surface area contributed by atoms with Gasteiger partial charge in [-0.2, -0.15) is 4.98 Å². The van der Waals surface area contributed by atoms with Gasteiger partial charge >= 0.3 is 0 Å². The number of nitrogen functional groups attached to an aromatic ring is 1. The minimum atomic E-state index is 0.230. The van der Waals surface area contributed by atoms with Crippen LogP contribution in [0.25, 0.3) is 0 Å². The number of hydrogen-bond donors (Lipinski definition) is 1. The van der Waals surface area contributed by atoms with E-state index in [0.717, 1.165) is 13.0 Å². The van der Waals surface area contributed by atoms with Crippen LogP contribution in [0.1, 0.15) is 6.42 Å². The minimum absolute atomic E-state index is 0.230. The van der Waals surface area contributed by atoms with Crippen LogP contribution < -0.4 is 10.6 Å². The first kappa shape index (κ1) is 12.0. The van der Waals surface area contributed by atoms with Gasteiger partial charge in [-0.25, -0.2) is 4.98 Å². The number of halogens is 1. The Bertz CT molecular complexity index is 321. The van der Waals surface area contributed by atoms with Crippen LogP contribution in [-0.2, 0) is 4.74 Å². The normalized spacial score (nSPS) is 10.3. The van der Waals surface area contributed by atoms with Crippen molar-refractivity contribution in [3.8, 4) is 0 Å². The van der Waals surface area contributed by atoms with Crippen LogP contribution in [0, 0.1) is 0 Å². The van der Waals surface area contributed by atoms with Crippen molar-refractivity contribution in [3.05, 3.63) is 11.2 Å². The van der Waals surface area contributed by atoms with Gasteiger partial charge in [0.2, 0.25) is 5.95 Å². The predicted octanol–water partition coefficient (Wildman–Crippen LogP) is 1.18. The summed E-state index contributed by atoms with van der Waals surface area (Å²) in [7, 11) is 3.58. The molecule has 1 aromatic rings. The number of nitrogens with zero attached hydrogens (tertiary/aromatic N) is 3. The number of rotatable bonds is 5. The maximum Gasteiger partial charge on any atom is 0.222 e. The molecule has 0 saturated heterocycles. The lowest BCUT2D eigenvalue weighted by atomic mass is 10.4. The molecule has 1 heterocycles. The molecular weight excluding hydrogens is 216 g/mol.